The minimum absolute atomic E-state index is 0.0172. The summed E-state index contributed by atoms with van der Waals surface area (Å²) < 4.78 is 0.851. The molecule has 2 amide bonds. The molecule has 2 N–H and O–H groups in total. The Morgan fingerprint density at radius 1 is 1.13 bits per heavy atom. The van der Waals surface area contributed by atoms with Crippen molar-refractivity contribution in [3.05, 3.63) is 68.3 Å². The molecule has 2 aromatic carbocycles. The molecule has 2 aliphatic rings. The van der Waals surface area contributed by atoms with Crippen LogP contribution in [0.1, 0.15) is 48.0 Å². The summed E-state index contributed by atoms with van der Waals surface area (Å²) in [6.07, 6.45) is 2.54. The first-order valence-corrected chi connectivity index (χ1v) is 15.5. The van der Waals surface area contributed by atoms with Gasteiger partial charge in [0.05, 0.1) is 11.1 Å². The number of hydrogen-bond acceptors (Lipinski definition) is 5. The van der Waals surface area contributed by atoms with Crippen LogP contribution in [-0.2, 0) is 4.79 Å². The Morgan fingerprint density at radius 3 is 2.56 bits per heavy atom. The van der Waals surface area contributed by atoms with E-state index in [1.807, 2.05) is 6.07 Å². The maximum atomic E-state index is 13.9. The van der Waals surface area contributed by atoms with E-state index < -0.39 is 0 Å². The fourth-order valence-corrected chi connectivity index (χ4v) is 6.06. The number of piperazine rings is 1. The van der Waals surface area contributed by atoms with Gasteiger partial charge in [0.25, 0.3) is 5.91 Å². The molecule has 0 saturated carbocycles. The van der Waals surface area contributed by atoms with Gasteiger partial charge in [-0.05, 0) is 72.7 Å². The number of halogens is 2. The van der Waals surface area contributed by atoms with Crippen LogP contribution in [0.25, 0.3) is 0 Å². The van der Waals surface area contributed by atoms with Crippen molar-refractivity contribution in [2.75, 3.05) is 59.4 Å². The fraction of sp³-hybridized carbons (Fsp3) is 0.533. The van der Waals surface area contributed by atoms with Gasteiger partial charge >= 0.3 is 0 Å². The lowest BCUT2D eigenvalue weighted by Crippen LogP contribution is -2.51. The summed E-state index contributed by atoms with van der Waals surface area (Å²) in [7, 11) is 2.16. The fourth-order valence-electron chi connectivity index (χ4n) is 5.43. The Balaban J connectivity index is 1.43. The molecule has 0 spiro atoms. The quantitative estimate of drug-likeness (QED) is 0.375. The van der Waals surface area contributed by atoms with Crippen molar-refractivity contribution >= 4 is 46.0 Å². The van der Waals surface area contributed by atoms with Crippen LogP contribution < -0.4 is 10.6 Å². The van der Waals surface area contributed by atoms with Gasteiger partial charge < -0.3 is 25.3 Å². The molecular weight excluding hydrogens is 625 g/mol. The van der Waals surface area contributed by atoms with Gasteiger partial charge in [-0.3, -0.25) is 9.59 Å². The first kappa shape index (κ1) is 30.2. The van der Waals surface area contributed by atoms with Crippen LogP contribution in [0.5, 0.6) is 0 Å². The van der Waals surface area contributed by atoms with Gasteiger partial charge in [0.15, 0.2) is 0 Å². The molecule has 0 bridgehead atoms. The highest BCUT2D eigenvalue weighted by molar-refractivity contribution is 14.1. The van der Waals surface area contributed by atoms with Crippen LogP contribution in [-0.4, -0.2) is 98.0 Å². The maximum absolute atomic E-state index is 13.9. The van der Waals surface area contributed by atoms with Crippen molar-refractivity contribution < 1.29 is 9.59 Å². The van der Waals surface area contributed by atoms with Crippen molar-refractivity contribution in [3.63, 3.8) is 0 Å². The second-order valence-corrected chi connectivity index (χ2v) is 12.3. The van der Waals surface area contributed by atoms with Gasteiger partial charge in [0, 0.05) is 73.5 Å². The van der Waals surface area contributed by atoms with Crippen LogP contribution >= 0.6 is 34.2 Å². The number of hydrogen-bond donors (Lipinski definition) is 2. The zero-order chi connectivity index (χ0) is 27.8. The van der Waals surface area contributed by atoms with E-state index in [9.17, 15) is 9.59 Å². The largest absolute Gasteiger partial charge is 0.350 e. The van der Waals surface area contributed by atoms with E-state index in [1.54, 1.807) is 18.2 Å². The Morgan fingerprint density at radius 2 is 1.87 bits per heavy atom. The topological polar surface area (TPSA) is 67.9 Å². The predicted octanol–water partition coefficient (Wildman–Crippen LogP) is 4.06. The molecule has 39 heavy (non-hydrogen) atoms. The molecule has 2 aliphatic heterocycles. The highest BCUT2D eigenvalue weighted by atomic mass is 127. The third-order valence-electron chi connectivity index (χ3n) is 8.02. The van der Waals surface area contributed by atoms with Crippen LogP contribution in [0.2, 0.25) is 5.02 Å². The number of rotatable bonds is 10. The number of nitrogens with one attached hydrogen (secondary N) is 2. The standard InChI is InChI=1S/C30H41ClIN5O2/c1-3-22(23-7-5-4-6-8-23)21-37-14-11-25(20-33-29(38)24-9-10-26(31)27(32)19-24)34-28(30(37)39)12-13-36-17-15-35(2)16-18-36/h4-10,19,22,25,28,34H,3,11-18,20-21H2,1-2H3,(H,33,38)/t22-,25+,28+/m1/s1. The molecule has 0 aliphatic carbocycles. The Labute approximate surface area is 251 Å². The van der Waals surface area contributed by atoms with Crippen LogP contribution in [0.15, 0.2) is 48.5 Å². The van der Waals surface area contributed by atoms with Crippen molar-refractivity contribution in [1.29, 1.82) is 0 Å². The average molecular weight is 666 g/mol. The lowest BCUT2D eigenvalue weighted by molar-refractivity contribution is -0.133. The van der Waals surface area contributed by atoms with Crippen molar-refractivity contribution in [2.24, 2.45) is 0 Å². The Bertz CT molecular complexity index is 1100. The van der Waals surface area contributed by atoms with E-state index in [2.05, 4.69) is 86.2 Å². The van der Waals surface area contributed by atoms with Gasteiger partial charge in [-0.1, -0.05) is 48.9 Å². The molecule has 2 aromatic rings. The SMILES string of the molecule is CC[C@H](CN1CC[C@@H](CNC(=O)c2ccc(Cl)c(I)c2)N[C@@H](CCN2CCN(C)CC2)C1=O)c1ccccc1. The normalized spacial score (nSPS) is 21.9. The molecule has 9 heteroatoms. The van der Waals surface area contributed by atoms with E-state index in [0.717, 1.165) is 55.6 Å². The number of carbonyl (C=O) groups is 2. The minimum Gasteiger partial charge on any atom is -0.350 e. The average Bonchev–Trinajstić information content (AvgIpc) is 3.10. The van der Waals surface area contributed by atoms with E-state index in [4.69, 9.17) is 11.6 Å². The number of benzene rings is 2. The third kappa shape index (κ3) is 8.63. The first-order valence-electron chi connectivity index (χ1n) is 14.1. The summed E-state index contributed by atoms with van der Waals surface area (Å²) in [5, 5.41) is 7.36. The summed E-state index contributed by atoms with van der Waals surface area (Å²) in [5.41, 5.74) is 1.87. The smallest absolute Gasteiger partial charge is 0.251 e. The second-order valence-electron chi connectivity index (χ2n) is 10.8. The molecule has 0 aromatic heterocycles. The molecule has 7 nitrogen and oxygen atoms in total. The first-order chi connectivity index (χ1) is 18.8. The molecule has 2 fully saturated rings. The minimum atomic E-state index is -0.265. The van der Waals surface area contributed by atoms with Crippen LogP contribution in [0.4, 0.5) is 0 Å². The molecular formula is C30H41ClIN5O2. The van der Waals surface area contributed by atoms with E-state index >= 15 is 0 Å². The highest BCUT2D eigenvalue weighted by Crippen LogP contribution is 2.23. The maximum Gasteiger partial charge on any atom is 0.251 e. The lowest BCUT2D eigenvalue weighted by atomic mass is 9.95. The monoisotopic (exact) mass is 665 g/mol. The molecule has 212 valence electrons. The van der Waals surface area contributed by atoms with Crippen LogP contribution in [0.3, 0.4) is 0 Å². The van der Waals surface area contributed by atoms with E-state index in [0.29, 0.717) is 36.1 Å². The van der Waals surface area contributed by atoms with Gasteiger partial charge in [0.2, 0.25) is 5.91 Å². The molecule has 4 rings (SSSR count). The summed E-state index contributed by atoms with van der Waals surface area (Å²) in [6, 6.07) is 15.6. The summed E-state index contributed by atoms with van der Waals surface area (Å²) in [5.74, 6) is 0.361. The van der Waals surface area contributed by atoms with Gasteiger partial charge in [0.1, 0.15) is 0 Å². The zero-order valence-electron chi connectivity index (χ0n) is 23.0. The number of carbonyl (C=O) groups excluding carboxylic acids is 2. The van der Waals surface area contributed by atoms with Crippen LogP contribution in [0, 0.1) is 3.57 Å². The Kier molecular flexibility index (Phi) is 11.5. The van der Waals surface area contributed by atoms with Crippen molar-refractivity contribution in [2.45, 2.75) is 44.2 Å². The molecule has 2 saturated heterocycles. The zero-order valence-corrected chi connectivity index (χ0v) is 26.0. The molecule has 3 atom stereocenters. The highest BCUT2D eigenvalue weighted by Gasteiger charge is 2.32. The second kappa shape index (κ2) is 14.8. The van der Waals surface area contributed by atoms with Crippen molar-refractivity contribution in [3.8, 4) is 0 Å². The summed E-state index contributed by atoms with van der Waals surface area (Å²) in [6.45, 7) is 9.15. The van der Waals surface area contributed by atoms with E-state index in [1.165, 1.54) is 5.56 Å². The molecule has 0 unspecified atom stereocenters. The number of likely N-dealkylation sites (N-methyl/N-ethyl adjacent to an activating group) is 1. The third-order valence-corrected chi connectivity index (χ3v) is 9.56. The van der Waals surface area contributed by atoms with Gasteiger partial charge in [-0.15, -0.1) is 0 Å². The Hall–Kier alpha value is -1.72. The summed E-state index contributed by atoms with van der Waals surface area (Å²) in [4.78, 5) is 33.6. The molecule has 0 radical (unpaired) electrons. The van der Waals surface area contributed by atoms with Crippen molar-refractivity contribution in [1.82, 2.24) is 25.3 Å². The van der Waals surface area contributed by atoms with Gasteiger partial charge in [-0.2, -0.15) is 0 Å². The summed E-state index contributed by atoms with van der Waals surface area (Å²) >= 11 is 8.27. The van der Waals surface area contributed by atoms with Gasteiger partial charge in [-0.25, -0.2) is 0 Å². The van der Waals surface area contributed by atoms with E-state index in [-0.39, 0.29) is 23.9 Å². The predicted molar refractivity (Wildman–Crippen MR) is 166 cm³/mol. The number of nitrogens with zero attached hydrogens (tertiary/aromatic N) is 3. The number of amides is 2. The molecule has 2 heterocycles. The lowest BCUT2D eigenvalue weighted by Gasteiger charge is -2.34.